The fourth-order valence-electron chi connectivity index (χ4n) is 1.07. The van der Waals surface area contributed by atoms with Gasteiger partial charge in [0.25, 0.3) is 0 Å². The summed E-state index contributed by atoms with van der Waals surface area (Å²) in [5.41, 5.74) is 0. The van der Waals surface area contributed by atoms with Crippen LogP contribution in [0.3, 0.4) is 0 Å². The van der Waals surface area contributed by atoms with Crippen LogP contribution in [-0.4, -0.2) is 28.5 Å². The molecular weight excluding hydrogens is 275 g/mol. The van der Waals surface area contributed by atoms with Gasteiger partial charge in [-0.15, -0.1) is 0 Å². The number of hydrogen-bond acceptors (Lipinski definition) is 4. The van der Waals surface area contributed by atoms with Crippen molar-refractivity contribution in [2.75, 3.05) is 23.9 Å². The third-order valence-electron chi connectivity index (χ3n) is 1.78. The standard InChI is InChI=1S/C9H11ClF3N3S/c1-17-4-2-3-14-7-5-6(10)15-8(16-7)9(11,12)13/h5H,2-4H2,1H3,(H,14,15,16). The first-order chi connectivity index (χ1) is 7.93. The Labute approximate surface area is 106 Å². The van der Waals surface area contributed by atoms with Gasteiger partial charge in [-0.1, -0.05) is 11.6 Å². The Hall–Kier alpha value is -0.690. The van der Waals surface area contributed by atoms with Crippen LogP contribution in [0.4, 0.5) is 19.0 Å². The molecule has 1 N–H and O–H groups in total. The van der Waals surface area contributed by atoms with Gasteiger partial charge in [-0.2, -0.15) is 24.9 Å². The molecule has 1 aromatic heterocycles. The summed E-state index contributed by atoms with van der Waals surface area (Å²) in [6, 6.07) is 1.27. The first kappa shape index (κ1) is 14.4. The van der Waals surface area contributed by atoms with Crippen LogP contribution in [0.25, 0.3) is 0 Å². The molecule has 0 unspecified atom stereocenters. The molecule has 0 saturated carbocycles. The summed E-state index contributed by atoms with van der Waals surface area (Å²) in [6.07, 6.45) is -1.78. The fraction of sp³-hybridized carbons (Fsp3) is 0.556. The van der Waals surface area contributed by atoms with E-state index < -0.39 is 12.0 Å². The van der Waals surface area contributed by atoms with E-state index >= 15 is 0 Å². The third kappa shape index (κ3) is 4.99. The zero-order valence-electron chi connectivity index (χ0n) is 9.01. The predicted octanol–water partition coefficient (Wildman–Crippen LogP) is 3.31. The first-order valence-electron chi connectivity index (χ1n) is 4.78. The second-order valence-corrected chi connectivity index (χ2v) is 4.54. The molecule has 17 heavy (non-hydrogen) atoms. The van der Waals surface area contributed by atoms with Crippen LogP contribution in [0.5, 0.6) is 0 Å². The highest BCUT2D eigenvalue weighted by Crippen LogP contribution is 2.28. The Morgan fingerprint density at radius 2 is 2.12 bits per heavy atom. The summed E-state index contributed by atoms with van der Waals surface area (Å²) < 4.78 is 37.1. The number of nitrogens with zero attached hydrogens (tertiary/aromatic N) is 2. The fourth-order valence-corrected chi connectivity index (χ4v) is 1.68. The summed E-state index contributed by atoms with van der Waals surface area (Å²) in [5, 5.41) is 2.56. The zero-order chi connectivity index (χ0) is 12.9. The van der Waals surface area contributed by atoms with E-state index in [1.54, 1.807) is 11.8 Å². The minimum Gasteiger partial charge on any atom is -0.370 e. The molecule has 8 heteroatoms. The highest BCUT2D eigenvalue weighted by Gasteiger charge is 2.35. The second kappa shape index (κ2) is 6.30. The van der Waals surface area contributed by atoms with Crippen molar-refractivity contribution in [3.05, 3.63) is 17.0 Å². The minimum atomic E-state index is -4.58. The first-order valence-corrected chi connectivity index (χ1v) is 6.55. The molecule has 0 saturated heterocycles. The Morgan fingerprint density at radius 3 is 2.71 bits per heavy atom. The van der Waals surface area contributed by atoms with Crippen LogP contribution in [0.2, 0.25) is 5.15 Å². The van der Waals surface area contributed by atoms with Crippen LogP contribution in [0, 0.1) is 0 Å². The molecule has 0 atom stereocenters. The van der Waals surface area contributed by atoms with Gasteiger partial charge in [0.05, 0.1) is 0 Å². The van der Waals surface area contributed by atoms with Crippen molar-refractivity contribution < 1.29 is 13.2 Å². The van der Waals surface area contributed by atoms with Crippen LogP contribution in [0.15, 0.2) is 6.07 Å². The highest BCUT2D eigenvalue weighted by molar-refractivity contribution is 7.98. The summed E-state index contributed by atoms with van der Waals surface area (Å²) in [5.74, 6) is -0.200. The van der Waals surface area contributed by atoms with Gasteiger partial charge in [0.1, 0.15) is 11.0 Å². The van der Waals surface area contributed by atoms with Crippen molar-refractivity contribution in [3.8, 4) is 0 Å². The number of halogens is 4. The van der Waals surface area contributed by atoms with Crippen molar-refractivity contribution in [1.82, 2.24) is 9.97 Å². The number of rotatable bonds is 5. The van der Waals surface area contributed by atoms with Crippen LogP contribution >= 0.6 is 23.4 Å². The minimum absolute atomic E-state index is 0.0958. The zero-order valence-corrected chi connectivity index (χ0v) is 10.6. The molecule has 0 aromatic carbocycles. The van der Waals surface area contributed by atoms with Gasteiger partial charge in [0, 0.05) is 12.6 Å². The van der Waals surface area contributed by atoms with E-state index in [4.69, 9.17) is 11.6 Å². The molecule has 0 fully saturated rings. The highest BCUT2D eigenvalue weighted by atomic mass is 35.5. The number of nitrogens with one attached hydrogen (secondary N) is 1. The van der Waals surface area contributed by atoms with Gasteiger partial charge >= 0.3 is 6.18 Å². The number of anilines is 1. The number of alkyl halides is 3. The van der Waals surface area contributed by atoms with E-state index in [2.05, 4.69) is 15.3 Å². The third-order valence-corrected chi connectivity index (χ3v) is 2.67. The van der Waals surface area contributed by atoms with Crippen molar-refractivity contribution in [1.29, 1.82) is 0 Å². The molecular formula is C9H11ClF3N3S. The van der Waals surface area contributed by atoms with E-state index in [0.717, 1.165) is 12.2 Å². The van der Waals surface area contributed by atoms with E-state index in [0.29, 0.717) is 6.54 Å². The van der Waals surface area contributed by atoms with E-state index in [1.807, 2.05) is 6.26 Å². The molecule has 0 aliphatic carbocycles. The summed E-state index contributed by atoms with van der Waals surface area (Å²) >= 11 is 7.17. The second-order valence-electron chi connectivity index (χ2n) is 3.17. The Kier molecular flexibility index (Phi) is 5.32. The van der Waals surface area contributed by atoms with Crippen LogP contribution < -0.4 is 5.32 Å². The molecule has 1 rings (SSSR count). The molecule has 1 heterocycles. The lowest BCUT2D eigenvalue weighted by molar-refractivity contribution is -0.144. The average Bonchev–Trinajstić information content (AvgIpc) is 2.22. The summed E-state index contributed by atoms with van der Waals surface area (Å²) in [7, 11) is 0. The summed E-state index contributed by atoms with van der Waals surface area (Å²) in [6.45, 7) is 0.547. The van der Waals surface area contributed by atoms with Crippen LogP contribution in [0.1, 0.15) is 12.2 Å². The Morgan fingerprint density at radius 1 is 1.41 bits per heavy atom. The summed E-state index contributed by atoms with van der Waals surface area (Å²) in [4.78, 5) is 6.50. The Balaban J connectivity index is 2.69. The lowest BCUT2D eigenvalue weighted by Crippen LogP contribution is -2.13. The number of hydrogen-bond donors (Lipinski definition) is 1. The number of thioether (sulfide) groups is 1. The Bertz CT molecular complexity index is 373. The van der Waals surface area contributed by atoms with Gasteiger partial charge in [0.15, 0.2) is 0 Å². The van der Waals surface area contributed by atoms with E-state index in [-0.39, 0.29) is 11.0 Å². The van der Waals surface area contributed by atoms with Gasteiger partial charge in [0.2, 0.25) is 5.82 Å². The van der Waals surface area contributed by atoms with E-state index in [9.17, 15) is 13.2 Å². The van der Waals surface area contributed by atoms with Crippen molar-refractivity contribution >= 4 is 29.2 Å². The normalized spacial score (nSPS) is 11.6. The van der Waals surface area contributed by atoms with E-state index in [1.165, 1.54) is 6.07 Å². The van der Waals surface area contributed by atoms with Crippen molar-refractivity contribution in [2.24, 2.45) is 0 Å². The molecule has 3 nitrogen and oxygen atoms in total. The van der Waals surface area contributed by atoms with Gasteiger partial charge in [-0.3, -0.25) is 0 Å². The van der Waals surface area contributed by atoms with Crippen molar-refractivity contribution in [2.45, 2.75) is 12.6 Å². The van der Waals surface area contributed by atoms with Crippen molar-refractivity contribution in [3.63, 3.8) is 0 Å². The van der Waals surface area contributed by atoms with Gasteiger partial charge < -0.3 is 5.32 Å². The largest absolute Gasteiger partial charge is 0.451 e. The molecule has 1 aromatic rings. The monoisotopic (exact) mass is 285 g/mol. The smallest absolute Gasteiger partial charge is 0.370 e. The molecule has 0 aliphatic heterocycles. The molecule has 0 spiro atoms. The lowest BCUT2D eigenvalue weighted by atomic mass is 10.4. The SMILES string of the molecule is CSCCCNc1cc(Cl)nc(C(F)(F)F)n1. The van der Waals surface area contributed by atoms with Gasteiger partial charge in [-0.25, -0.2) is 9.97 Å². The number of aromatic nitrogens is 2. The quantitative estimate of drug-likeness (QED) is 0.665. The maximum absolute atomic E-state index is 12.4. The van der Waals surface area contributed by atoms with Crippen LogP contribution in [-0.2, 0) is 6.18 Å². The maximum Gasteiger partial charge on any atom is 0.451 e. The average molecular weight is 286 g/mol. The molecule has 0 radical (unpaired) electrons. The van der Waals surface area contributed by atoms with Gasteiger partial charge in [-0.05, 0) is 18.4 Å². The molecule has 0 aliphatic rings. The lowest BCUT2D eigenvalue weighted by Gasteiger charge is -2.09. The topological polar surface area (TPSA) is 37.8 Å². The maximum atomic E-state index is 12.4. The molecule has 0 bridgehead atoms. The predicted molar refractivity (Wildman–Crippen MR) is 63.5 cm³/mol. The molecule has 96 valence electrons. The molecule has 0 amide bonds.